The zero-order chi connectivity index (χ0) is 13.5. The van der Waals surface area contributed by atoms with E-state index in [4.69, 9.17) is 4.42 Å². The van der Waals surface area contributed by atoms with Crippen molar-refractivity contribution in [3.05, 3.63) is 36.1 Å². The molecule has 2 heteroatoms. The van der Waals surface area contributed by atoms with E-state index in [1.807, 2.05) is 18.2 Å². The van der Waals surface area contributed by atoms with Gasteiger partial charge in [-0.15, -0.1) is 0 Å². The zero-order valence-electron chi connectivity index (χ0n) is 12.1. The minimum Gasteiger partial charge on any atom is -0.460 e. The van der Waals surface area contributed by atoms with E-state index in [9.17, 15) is 0 Å². The summed E-state index contributed by atoms with van der Waals surface area (Å²) in [4.78, 5) is 0. The molecule has 0 saturated carbocycles. The highest BCUT2D eigenvalue weighted by molar-refractivity contribution is 5.77. The van der Waals surface area contributed by atoms with Gasteiger partial charge >= 0.3 is 0 Å². The summed E-state index contributed by atoms with van der Waals surface area (Å²) < 4.78 is 5.80. The van der Waals surface area contributed by atoms with E-state index in [0.29, 0.717) is 0 Å². The average Bonchev–Trinajstić information content (AvgIpc) is 2.85. The predicted octanol–water partition coefficient (Wildman–Crippen LogP) is 4.74. The Hall–Kier alpha value is -1.28. The standard InChI is InChI=1S/C17H25NO/c1-3-5-8-14(4-2)12-18-13-16-11-15-9-6-7-10-17(15)19-16/h6-7,9-11,14,18H,3-5,8,12-13H2,1-2H3. The molecule has 0 bridgehead atoms. The summed E-state index contributed by atoms with van der Waals surface area (Å²) in [5, 5.41) is 4.72. The molecule has 1 heterocycles. The van der Waals surface area contributed by atoms with E-state index in [-0.39, 0.29) is 0 Å². The lowest BCUT2D eigenvalue weighted by atomic mass is 9.99. The van der Waals surface area contributed by atoms with Crippen LogP contribution < -0.4 is 5.32 Å². The molecule has 0 fully saturated rings. The van der Waals surface area contributed by atoms with Crippen LogP contribution >= 0.6 is 0 Å². The number of benzene rings is 1. The van der Waals surface area contributed by atoms with Crippen LogP contribution in [-0.2, 0) is 6.54 Å². The first-order chi connectivity index (χ1) is 9.33. The Kier molecular flexibility index (Phi) is 5.46. The summed E-state index contributed by atoms with van der Waals surface area (Å²) >= 11 is 0. The molecule has 104 valence electrons. The number of para-hydroxylation sites is 1. The number of hydrogen-bond donors (Lipinski definition) is 1. The fraction of sp³-hybridized carbons (Fsp3) is 0.529. The molecule has 1 aromatic carbocycles. The van der Waals surface area contributed by atoms with Gasteiger partial charge in [0.1, 0.15) is 11.3 Å². The van der Waals surface area contributed by atoms with E-state index in [2.05, 4.69) is 31.3 Å². The Bertz CT molecular complexity index is 456. The maximum Gasteiger partial charge on any atom is 0.134 e. The molecule has 0 amide bonds. The largest absolute Gasteiger partial charge is 0.460 e. The second-order valence-electron chi connectivity index (χ2n) is 5.30. The van der Waals surface area contributed by atoms with Crippen molar-refractivity contribution in [2.45, 2.75) is 46.1 Å². The molecule has 0 aliphatic heterocycles. The zero-order valence-corrected chi connectivity index (χ0v) is 12.1. The first-order valence-corrected chi connectivity index (χ1v) is 7.51. The maximum atomic E-state index is 5.80. The summed E-state index contributed by atoms with van der Waals surface area (Å²) in [6.07, 6.45) is 5.22. The quantitative estimate of drug-likeness (QED) is 0.740. The van der Waals surface area contributed by atoms with Crippen molar-refractivity contribution in [3.63, 3.8) is 0 Å². The van der Waals surface area contributed by atoms with Gasteiger partial charge in [-0.3, -0.25) is 0 Å². The third-order valence-electron chi connectivity index (χ3n) is 3.75. The van der Waals surface area contributed by atoms with Gasteiger partial charge in [0.25, 0.3) is 0 Å². The monoisotopic (exact) mass is 259 g/mol. The van der Waals surface area contributed by atoms with Gasteiger partial charge in [-0.1, -0.05) is 51.3 Å². The molecule has 0 radical (unpaired) electrons. The van der Waals surface area contributed by atoms with Gasteiger partial charge in [-0.2, -0.15) is 0 Å². The van der Waals surface area contributed by atoms with E-state index >= 15 is 0 Å². The number of hydrogen-bond acceptors (Lipinski definition) is 2. The van der Waals surface area contributed by atoms with Crippen molar-refractivity contribution < 1.29 is 4.42 Å². The van der Waals surface area contributed by atoms with Crippen LogP contribution in [0.1, 0.15) is 45.3 Å². The second-order valence-corrected chi connectivity index (χ2v) is 5.30. The van der Waals surface area contributed by atoms with Crippen LogP contribution in [0.5, 0.6) is 0 Å². The average molecular weight is 259 g/mol. The van der Waals surface area contributed by atoms with Crippen molar-refractivity contribution in [1.29, 1.82) is 0 Å². The van der Waals surface area contributed by atoms with Crippen molar-refractivity contribution in [3.8, 4) is 0 Å². The van der Waals surface area contributed by atoms with Gasteiger partial charge in [0.15, 0.2) is 0 Å². The summed E-state index contributed by atoms with van der Waals surface area (Å²) in [6.45, 7) is 6.46. The second kappa shape index (κ2) is 7.34. The molecule has 0 saturated heterocycles. The maximum absolute atomic E-state index is 5.80. The Morgan fingerprint density at radius 3 is 2.79 bits per heavy atom. The van der Waals surface area contributed by atoms with Gasteiger partial charge in [-0.25, -0.2) is 0 Å². The number of rotatable bonds is 8. The van der Waals surface area contributed by atoms with Crippen LogP contribution in [0.3, 0.4) is 0 Å². The molecule has 1 aromatic heterocycles. The summed E-state index contributed by atoms with van der Waals surface area (Å²) in [7, 11) is 0. The molecule has 0 aliphatic carbocycles. The third kappa shape index (κ3) is 4.10. The van der Waals surface area contributed by atoms with E-state index in [1.54, 1.807) is 0 Å². The first kappa shape index (κ1) is 14.1. The molecule has 0 spiro atoms. The Morgan fingerprint density at radius 1 is 1.21 bits per heavy atom. The van der Waals surface area contributed by atoms with Gasteiger partial charge in [-0.05, 0) is 31.0 Å². The van der Waals surface area contributed by atoms with Crippen LogP contribution in [0, 0.1) is 5.92 Å². The highest BCUT2D eigenvalue weighted by atomic mass is 16.3. The Labute approximate surface area is 116 Å². The van der Waals surface area contributed by atoms with Gasteiger partial charge < -0.3 is 9.73 Å². The SMILES string of the molecule is CCCCC(CC)CNCc1cc2ccccc2o1. The van der Waals surface area contributed by atoms with Crippen LogP contribution in [0.2, 0.25) is 0 Å². The van der Waals surface area contributed by atoms with E-state index in [0.717, 1.165) is 30.4 Å². The molecule has 1 unspecified atom stereocenters. The highest BCUT2D eigenvalue weighted by Gasteiger charge is 2.07. The molecule has 1 N–H and O–H groups in total. The van der Waals surface area contributed by atoms with Crippen LogP contribution in [0.15, 0.2) is 34.7 Å². The van der Waals surface area contributed by atoms with Gasteiger partial charge in [0.05, 0.1) is 6.54 Å². The summed E-state index contributed by atoms with van der Waals surface area (Å²) in [6, 6.07) is 10.3. The number of fused-ring (bicyclic) bond motifs is 1. The highest BCUT2D eigenvalue weighted by Crippen LogP contribution is 2.18. The van der Waals surface area contributed by atoms with Crippen LogP contribution in [-0.4, -0.2) is 6.54 Å². The molecule has 0 aliphatic rings. The summed E-state index contributed by atoms with van der Waals surface area (Å²) in [5.41, 5.74) is 0.984. The van der Waals surface area contributed by atoms with Crippen molar-refractivity contribution in [1.82, 2.24) is 5.32 Å². The molecule has 2 aromatic rings. The van der Waals surface area contributed by atoms with E-state index < -0.39 is 0 Å². The van der Waals surface area contributed by atoms with E-state index in [1.165, 1.54) is 31.1 Å². The van der Waals surface area contributed by atoms with Crippen LogP contribution in [0.4, 0.5) is 0 Å². The molecule has 2 rings (SSSR count). The normalized spacial score (nSPS) is 12.9. The summed E-state index contributed by atoms with van der Waals surface area (Å²) in [5.74, 6) is 1.83. The third-order valence-corrected chi connectivity index (χ3v) is 3.75. The van der Waals surface area contributed by atoms with Crippen molar-refractivity contribution >= 4 is 11.0 Å². The number of unbranched alkanes of at least 4 members (excludes halogenated alkanes) is 1. The topological polar surface area (TPSA) is 25.2 Å². The van der Waals surface area contributed by atoms with Gasteiger partial charge in [0, 0.05) is 5.39 Å². The molecule has 19 heavy (non-hydrogen) atoms. The predicted molar refractivity (Wildman–Crippen MR) is 81.2 cm³/mol. The number of furan rings is 1. The molecular weight excluding hydrogens is 234 g/mol. The fourth-order valence-corrected chi connectivity index (χ4v) is 2.47. The minimum absolute atomic E-state index is 0.796. The first-order valence-electron chi connectivity index (χ1n) is 7.51. The molecule has 2 nitrogen and oxygen atoms in total. The molecular formula is C17H25NO. The molecule has 1 atom stereocenters. The lowest BCUT2D eigenvalue weighted by Crippen LogP contribution is -2.21. The lowest BCUT2D eigenvalue weighted by molar-refractivity contribution is 0.406. The van der Waals surface area contributed by atoms with Crippen LogP contribution in [0.25, 0.3) is 11.0 Å². The smallest absolute Gasteiger partial charge is 0.134 e. The fourth-order valence-electron chi connectivity index (χ4n) is 2.47. The Morgan fingerprint density at radius 2 is 2.05 bits per heavy atom. The number of nitrogens with one attached hydrogen (secondary N) is 1. The minimum atomic E-state index is 0.796. The van der Waals surface area contributed by atoms with Crippen molar-refractivity contribution in [2.75, 3.05) is 6.54 Å². The van der Waals surface area contributed by atoms with Gasteiger partial charge in [0.2, 0.25) is 0 Å². The lowest BCUT2D eigenvalue weighted by Gasteiger charge is -2.14. The van der Waals surface area contributed by atoms with Crippen molar-refractivity contribution in [2.24, 2.45) is 5.92 Å². The Balaban J connectivity index is 1.81.